The van der Waals surface area contributed by atoms with Crippen molar-refractivity contribution in [1.29, 1.82) is 0 Å². The van der Waals surface area contributed by atoms with Crippen molar-refractivity contribution >= 4 is 15.7 Å². The van der Waals surface area contributed by atoms with E-state index in [1.165, 1.54) is 6.07 Å². The van der Waals surface area contributed by atoms with Crippen LogP contribution >= 0.6 is 0 Å². The molecule has 116 valence electrons. The van der Waals surface area contributed by atoms with Gasteiger partial charge in [0.2, 0.25) is 0 Å². The van der Waals surface area contributed by atoms with Crippen LogP contribution in [0.2, 0.25) is 0 Å². The van der Waals surface area contributed by atoms with Gasteiger partial charge in [-0.2, -0.15) is 0 Å². The number of carbonyl (C=O) groups excluding carboxylic acids is 1. The van der Waals surface area contributed by atoms with E-state index in [1.54, 1.807) is 36.9 Å². The number of carbonyl (C=O) groups is 1. The first-order valence-electron chi connectivity index (χ1n) is 7.08. The van der Waals surface area contributed by atoms with Crippen LogP contribution in [0.3, 0.4) is 0 Å². The average Bonchev–Trinajstić information content (AvgIpc) is 2.46. The minimum atomic E-state index is -3.48. The van der Waals surface area contributed by atoms with Crippen LogP contribution in [0.5, 0.6) is 0 Å². The third-order valence-electron chi connectivity index (χ3n) is 3.57. The fraction of sp³-hybridized carbons (Fsp3) is 0.533. The van der Waals surface area contributed by atoms with E-state index in [2.05, 4.69) is 0 Å². The molecule has 21 heavy (non-hydrogen) atoms. The summed E-state index contributed by atoms with van der Waals surface area (Å²) in [6.45, 7) is 6.58. The molecule has 1 fully saturated rings. The fourth-order valence-electron chi connectivity index (χ4n) is 2.32. The smallest absolute Gasteiger partial charge is 0.255 e. The van der Waals surface area contributed by atoms with E-state index in [9.17, 15) is 13.2 Å². The average molecular weight is 311 g/mol. The third kappa shape index (κ3) is 3.27. The molecule has 1 unspecified atom stereocenters. The van der Waals surface area contributed by atoms with Crippen LogP contribution in [-0.2, 0) is 14.6 Å². The molecule has 5 nitrogen and oxygen atoms in total. The van der Waals surface area contributed by atoms with Crippen molar-refractivity contribution in [2.24, 2.45) is 0 Å². The van der Waals surface area contributed by atoms with Crippen LogP contribution in [-0.4, -0.2) is 50.3 Å². The lowest BCUT2D eigenvalue weighted by atomic mass is 10.1. The molecular formula is C15H21NO4S. The van der Waals surface area contributed by atoms with Gasteiger partial charge < -0.3 is 9.64 Å². The van der Waals surface area contributed by atoms with E-state index in [0.717, 1.165) is 0 Å². The van der Waals surface area contributed by atoms with Crippen LogP contribution in [0, 0.1) is 0 Å². The molecule has 0 saturated carbocycles. The first-order chi connectivity index (χ1) is 9.84. The number of morpholine rings is 1. The topological polar surface area (TPSA) is 63.7 Å². The summed E-state index contributed by atoms with van der Waals surface area (Å²) in [4.78, 5) is 14.4. The van der Waals surface area contributed by atoms with Crippen LogP contribution in [0.15, 0.2) is 29.2 Å². The maximum atomic E-state index is 12.6. The lowest BCUT2D eigenvalue weighted by Crippen LogP contribution is -2.44. The predicted molar refractivity (Wildman–Crippen MR) is 80.1 cm³/mol. The van der Waals surface area contributed by atoms with Gasteiger partial charge in [0.25, 0.3) is 5.91 Å². The summed E-state index contributed by atoms with van der Waals surface area (Å²) in [5.74, 6) is -0.245. The Morgan fingerprint density at radius 3 is 2.62 bits per heavy atom. The maximum Gasteiger partial charge on any atom is 0.255 e. The molecule has 1 aromatic carbocycles. The van der Waals surface area contributed by atoms with Crippen LogP contribution in [0.25, 0.3) is 0 Å². The van der Waals surface area contributed by atoms with Gasteiger partial charge in [0.05, 0.1) is 28.4 Å². The Morgan fingerprint density at radius 1 is 1.33 bits per heavy atom. The zero-order chi connectivity index (χ0) is 15.6. The summed E-state index contributed by atoms with van der Waals surface area (Å²) in [5.41, 5.74) is 0.250. The number of ether oxygens (including phenoxy) is 1. The maximum absolute atomic E-state index is 12.6. The van der Waals surface area contributed by atoms with Crippen LogP contribution in [0.1, 0.15) is 31.1 Å². The van der Waals surface area contributed by atoms with Crippen molar-refractivity contribution in [3.05, 3.63) is 29.8 Å². The number of nitrogens with zero attached hydrogens (tertiary/aromatic N) is 1. The van der Waals surface area contributed by atoms with Gasteiger partial charge in [0, 0.05) is 13.1 Å². The van der Waals surface area contributed by atoms with E-state index >= 15 is 0 Å². The Kier molecular flexibility index (Phi) is 4.68. The molecule has 1 heterocycles. The standard InChI is InChI=1S/C15H21NO4S/c1-11(2)21(18,19)14-7-5-4-6-13(14)15(17)16-8-9-20-12(3)10-16/h4-7,11-12H,8-10H2,1-3H3. The molecule has 0 bridgehead atoms. The van der Waals surface area contributed by atoms with Gasteiger partial charge in [-0.1, -0.05) is 12.1 Å². The molecule has 0 radical (unpaired) electrons. The molecule has 6 heteroatoms. The van der Waals surface area contributed by atoms with E-state index in [0.29, 0.717) is 19.7 Å². The van der Waals surface area contributed by atoms with Gasteiger partial charge in [-0.05, 0) is 32.9 Å². The van der Waals surface area contributed by atoms with Gasteiger partial charge in [-0.3, -0.25) is 4.79 Å². The Bertz CT molecular complexity index is 624. The lowest BCUT2D eigenvalue weighted by Gasteiger charge is -2.31. The highest BCUT2D eigenvalue weighted by molar-refractivity contribution is 7.92. The monoisotopic (exact) mass is 311 g/mol. The first kappa shape index (κ1) is 16.0. The lowest BCUT2D eigenvalue weighted by molar-refractivity contribution is -0.0125. The number of benzene rings is 1. The molecule has 0 N–H and O–H groups in total. The molecule has 1 aliphatic heterocycles. The minimum Gasteiger partial charge on any atom is -0.375 e. The van der Waals surface area contributed by atoms with Crippen LogP contribution in [0.4, 0.5) is 0 Å². The summed E-state index contributed by atoms with van der Waals surface area (Å²) in [5, 5.41) is -0.560. The van der Waals surface area contributed by atoms with Crippen molar-refractivity contribution in [3.8, 4) is 0 Å². The van der Waals surface area contributed by atoms with E-state index in [1.807, 2.05) is 6.92 Å². The normalized spacial score (nSPS) is 19.8. The van der Waals surface area contributed by atoms with Gasteiger partial charge in [-0.25, -0.2) is 8.42 Å². The number of hydrogen-bond donors (Lipinski definition) is 0. The molecule has 1 aromatic rings. The zero-order valence-electron chi connectivity index (χ0n) is 12.6. The Balaban J connectivity index is 2.39. The highest BCUT2D eigenvalue weighted by Gasteiger charge is 2.29. The van der Waals surface area contributed by atoms with Gasteiger partial charge in [-0.15, -0.1) is 0 Å². The molecule has 1 aliphatic rings. The highest BCUT2D eigenvalue weighted by Crippen LogP contribution is 2.22. The van der Waals surface area contributed by atoms with Crippen LogP contribution < -0.4 is 0 Å². The fourth-order valence-corrected chi connectivity index (χ4v) is 3.56. The molecular weight excluding hydrogens is 290 g/mol. The summed E-state index contributed by atoms with van der Waals surface area (Å²) in [7, 11) is -3.48. The number of sulfone groups is 1. The number of hydrogen-bond acceptors (Lipinski definition) is 4. The van der Waals surface area contributed by atoms with Crippen molar-refractivity contribution in [3.63, 3.8) is 0 Å². The molecule has 0 spiro atoms. The zero-order valence-corrected chi connectivity index (χ0v) is 13.4. The predicted octanol–water partition coefficient (Wildman–Crippen LogP) is 1.73. The van der Waals surface area contributed by atoms with Crippen molar-refractivity contribution in [2.75, 3.05) is 19.7 Å². The molecule has 2 rings (SSSR count). The third-order valence-corrected chi connectivity index (χ3v) is 5.78. The highest BCUT2D eigenvalue weighted by atomic mass is 32.2. The Morgan fingerprint density at radius 2 is 2.00 bits per heavy atom. The van der Waals surface area contributed by atoms with E-state index in [-0.39, 0.29) is 22.5 Å². The van der Waals surface area contributed by atoms with Gasteiger partial charge in [0.1, 0.15) is 0 Å². The SMILES string of the molecule is CC1CN(C(=O)c2ccccc2S(=O)(=O)C(C)C)CCO1. The summed E-state index contributed by atoms with van der Waals surface area (Å²) in [6, 6.07) is 6.43. The molecule has 0 aromatic heterocycles. The quantitative estimate of drug-likeness (QED) is 0.853. The largest absolute Gasteiger partial charge is 0.375 e. The van der Waals surface area contributed by atoms with Crippen molar-refractivity contribution in [2.45, 2.75) is 37.0 Å². The number of rotatable bonds is 3. The Labute approximate surface area is 125 Å². The summed E-state index contributed by atoms with van der Waals surface area (Å²) in [6.07, 6.45) is -0.0310. The van der Waals surface area contributed by atoms with Gasteiger partial charge >= 0.3 is 0 Å². The van der Waals surface area contributed by atoms with Crippen molar-refractivity contribution < 1.29 is 17.9 Å². The second kappa shape index (κ2) is 6.15. The van der Waals surface area contributed by atoms with E-state index in [4.69, 9.17) is 4.74 Å². The Hall–Kier alpha value is -1.40. The number of amides is 1. The molecule has 0 aliphatic carbocycles. The summed E-state index contributed by atoms with van der Waals surface area (Å²) < 4.78 is 30.2. The first-order valence-corrected chi connectivity index (χ1v) is 8.62. The second-order valence-corrected chi connectivity index (χ2v) is 8.00. The van der Waals surface area contributed by atoms with Crippen molar-refractivity contribution in [1.82, 2.24) is 4.90 Å². The minimum absolute atomic E-state index is 0.0310. The molecule has 1 saturated heterocycles. The van der Waals surface area contributed by atoms with E-state index < -0.39 is 15.1 Å². The summed E-state index contributed by atoms with van der Waals surface area (Å²) >= 11 is 0. The molecule has 1 atom stereocenters. The second-order valence-electron chi connectivity index (χ2n) is 5.52. The van der Waals surface area contributed by atoms with Gasteiger partial charge in [0.15, 0.2) is 9.84 Å². The molecule has 1 amide bonds.